The number of H-pyrrole nitrogens is 1. The van der Waals surface area contributed by atoms with Crippen LogP contribution >= 0.6 is 11.6 Å². The number of aromatic nitrogens is 1. The van der Waals surface area contributed by atoms with E-state index in [4.69, 9.17) is 11.6 Å². The molecule has 6 heteroatoms. The lowest BCUT2D eigenvalue weighted by Crippen LogP contribution is -2.30. The minimum Gasteiger partial charge on any atom is -0.507 e. The molecule has 1 aromatic heterocycles. The van der Waals surface area contributed by atoms with Crippen molar-refractivity contribution < 1.29 is 14.7 Å². The van der Waals surface area contributed by atoms with Gasteiger partial charge in [0.05, 0.1) is 11.6 Å². The van der Waals surface area contributed by atoms with Crippen molar-refractivity contribution in [2.45, 2.75) is 25.8 Å². The standard InChI is InChI=1S/C23H21ClN2O3/c1-2-3-12-26-20(14-8-10-15(24)11-9-14)19(22(28)23(26)29)21(27)17-13-25-18-7-5-4-6-16(17)18/h4-11,13,20,25,27H,2-3,12H2,1H3/b21-19-. The second kappa shape index (κ2) is 7.76. The monoisotopic (exact) mass is 408 g/mol. The molecule has 2 aromatic carbocycles. The summed E-state index contributed by atoms with van der Waals surface area (Å²) in [7, 11) is 0. The highest BCUT2D eigenvalue weighted by Gasteiger charge is 2.45. The number of carbonyl (C=O) groups is 2. The van der Waals surface area contributed by atoms with E-state index < -0.39 is 17.7 Å². The Hall–Kier alpha value is -3.05. The molecule has 1 aliphatic heterocycles. The van der Waals surface area contributed by atoms with Gasteiger partial charge in [-0.3, -0.25) is 9.59 Å². The summed E-state index contributed by atoms with van der Waals surface area (Å²) in [6.45, 7) is 2.47. The maximum Gasteiger partial charge on any atom is 0.295 e. The number of aromatic amines is 1. The van der Waals surface area contributed by atoms with Crippen molar-refractivity contribution in [2.24, 2.45) is 0 Å². The highest BCUT2D eigenvalue weighted by Crippen LogP contribution is 2.40. The summed E-state index contributed by atoms with van der Waals surface area (Å²) in [5, 5.41) is 12.5. The maximum atomic E-state index is 13.0. The SMILES string of the molecule is CCCCN1C(=O)C(=O)/C(=C(\O)c2c[nH]c3ccccc23)C1c1ccc(Cl)cc1. The Kier molecular flexibility index (Phi) is 5.16. The van der Waals surface area contributed by atoms with E-state index in [0.29, 0.717) is 17.1 Å². The number of ketones is 1. The number of amides is 1. The van der Waals surface area contributed by atoms with Gasteiger partial charge in [0.25, 0.3) is 11.7 Å². The molecule has 0 bridgehead atoms. The third-order valence-electron chi connectivity index (χ3n) is 5.32. The van der Waals surface area contributed by atoms with Gasteiger partial charge in [0.1, 0.15) is 5.76 Å². The molecule has 0 radical (unpaired) electrons. The van der Waals surface area contributed by atoms with Crippen LogP contribution in [0.1, 0.15) is 36.9 Å². The third kappa shape index (κ3) is 3.32. The van der Waals surface area contributed by atoms with Crippen LogP contribution in [0.15, 0.2) is 60.3 Å². The predicted molar refractivity (Wildman–Crippen MR) is 114 cm³/mol. The van der Waals surface area contributed by atoms with E-state index in [0.717, 1.165) is 29.3 Å². The number of benzene rings is 2. The van der Waals surface area contributed by atoms with Crippen LogP contribution in [-0.4, -0.2) is 33.2 Å². The summed E-state index contributed by atoms with van der Waals surface area (Å²) < 4.78 is 0. The van der Waals surface area contributed by atoms with Gasteiger partial charge in [-0.15, -0.1) is 0 Å². The fourth-order valence-electron chi connectivity index (χ4n) is 3.84. The van der Waals surface area contributed by atoms with E-state index in [-0.39, 0.29) is 11.3 Å². The zero-order valence-corrected chi connectivity index (χ0v) is 16.7. The Labute approximate surface area is 173 Å². The van der Waals surface area contributed by atoms with Crippen molar-refractivity contribution in [3.8, 4) is 0 Å². The lowest BCUT2D eigenvalue weighted by molar-refractivity contribution is -0.139. The molecule has 1 atom stereocenters. The molecule has 0 aliphatic carbocycles. The van der Waals surface area contributed by atoms with Crippen LogP contribution in [0.3, 0.4) is 0 Å². The zero-order chi connectivity index (χ0) is 20.5. The first-order valence-corrected chi connectivity index (χ1v) is 10.0. The molecule has 2 N–H and O–H groups in total. The number of likely N-dealkylation sites (tertiary alicyclic amines) is 1. The van der Waals surface area contributed by atoms with Crippen molar-refractivity contribution >= 4 is 40.0 Å². The number of hydrogen-bond acceptors (Lipinski definition) is 3. The van der Waals surface area contributed by atoms with E-state index in [1.807, 2.05) is 31.2 Å². The van der Waals surface area contributed by atoms with Crippen molar-refractivity contribution in [1.82, 2.24) is 9.88 Å². The molecule has 4 rings (SSSR count). The number of Topliss-reactive ketones (excluding diaryl/α,β-unsaturated/α-hetero) is 1. The smallest absolute Gasteiger partial charge is 0.295 e. The summed E-state index contributed by atoms with van der Waals surface area (Å²) in [6.07, 6.45) is 3.32. The summed E-state index contributed by atoms with van der Waals surface area (Å²) >= 11 is 6.03. The number of nitrogens with zero attached hydrogens (tertiary/aromatic N) is 1. The number of unbranched alkanes of at least 4 members (excludes halogenated alkanes) is 1. The van der Waals surface area contributed by atoms with Crippen molar-refractivity contribution in [3.05, 3.63) is 76.5 Å². The highest BCUT2D eigenvalue weighted by atomic mass is 35.5. The molecule has 0 saturated carbocycles. The van der Waals surface area contributed by atoms with Gasteiger partial charge in [0.15, 0.2) is 0 Å². The molecule has 1 unspecified atom stereocenters. The van der Waals surface area contributed by atoms with Crippen LogP contribution in [0.5, 0.6) is 0 Å². The van der Waals surface area contributed by atoms with E-state index >= 15 is 0 Å². The normalized spacial score (nSPS) is 18.7. The molecule has 148 valence electrons. The molecular formula is C23H21ClN2O3. The lowest BCUT2D eigenvalue weighted by Gasteiger charge is -2.25. The number of nitrogens with one attached hydrogen (secondary N) is 1. The molecule has 1 amide bonds. The van der Waals surface area contributed by atoms with Gasteiger partial charge in [-0.2, -0.15) is 0 Å². The van der Waals surface area contributed by atoms with Gasteiger partial charge in [0, 0.05) is 34.2 Å². The summed E-state index contributed by atoms with van der Waals surface area (Å²) in [5.74, 6) is -1.41. The van der Waals surface area contributed by atoms with Crippen molar-refractivity contribution in [2.75, 3.05) is 6.54 Å². The fourth-order valence-corrected chi connectivity index (χ4v) is 3.97. The third-order valence-corrected chi connectivity index (χ3v) is 5.57. The molecule has 5 nitrogen and oxygen atoms in total. The first kappa shape index (κ1) is 19.3. The van der Waals surface area contributed by atoms with Crippen LogP contribution in [0.25, 0.3) is 16.7 Å². The minimum atomic E-state index is -0.663. The van der Waals surface area contributed by atoms with Crippen molar-refractivity contribution in [3.63, 3.8) is 0 Å². The molecule has 29 heavy (non-hydrogen) atoms. The Morgan fingerprint density at radius 1 is 1.14 bits per heavy atom. The van der Waals surface area contributed by atoms with E-state index in [1.165, 1.54) is 0 Å². The molecular weight excluding hydrogens is 388 g/mol. The molecule has 3 aromatic rings. The van der Waals surface area contributed by atoms with Crippen LogP contribution in [0.2, 0.25) is 5.02 Å². The van der Waals surface area contributed by atoms with Crippen LogP contribution < -0.4 is 0 Å². The van der Waals surface area contributed by atoms with Crippen LogP contribution in [0, 0.1) is 0 Å². The number of carbonyl (C=O) groups excluding carboxylic acids is 2. The van der Waals surface area contributed by atoms with E-state index in [9.17, 15) is 14.7 Å². The van der Waals surface area contributed by atoms with Crippen LogP contribution in [-0.2, 0) is 9.59 Å². The van der Waals surface area contributed by atoms with Gasteiger partial charge >= 0.3 is 0 Å². The van der Waals surface area contributed by atoms with Gasteiger partial charge in [0.2, 0.25) is 0 Å². The predicted octanol–water partition coefficient (Wildman–Crippen LogP) is 5.04. The average Bonchev–Trinajstić information content (AvgIpc) is 3.26. The largest absolute Gasteiger partial charge is 0.507 e. The molecule has 1 aliphatic rings. The second-order valence-corrected chi connectivity index (χ2v) is 7.58. The molecule has 1 fully saturated rings. The lowest BCUT2D eigenvalue weighted by atomic mass is 9.95. The summed E-state index contributed by atoms with van der Waals surface area (Å²) in [5.41, 5.74) is 2.20. The number of para-hydroxylation sites is 1. The second-order valence-electron chi connectivity index (χ2n) is 7.15. The molecule has 0 spiro atoms. The Morgan fingerprint density at radius 2 is 1.86 bits per heavy atom. The van der Waals surface area contributed by atoms with Gasteiger partial charge < -0.3 is 15.0 Å². The Bertz CT molecular complexity index is 1110. The number of halogens is 1. The molecule has 2 heterocycles. The first-order valence-electron chi connectivity index (χ1n) is 9.63. The quantitative estimate of drug-likeness (QED) is 0.352. The van der Waals surface area contributed by atoms with E-state index in [1.54, 1.807) is 35.4 Å². The van der Waals surface area contributed by atoms with Gasteiger partial charge in [-0.05, 0) is 30.2 Å². The average molecular weight is 409 g/mol. The van der Waals surface area contributed by atoms with Crippen molar-refractivity contribution in [1.29, 1.82) is 0 Å². The highest BCUT2D eigenvalue weighted by molar-refractivity contribution is 6.46. The Morgan fingerprint density at radius 3 is 2.59 bits per heavy atom. The summed E-state index contributed by atoms with van der Waals surface area (Å²) in [6, 6.07) is 13.9. The number of aliphatic hydroxyl groups is 1. The molecule has 1 saturated heterocycles. The van der Waals surface area contributed by atoms with Crippen LogP contribution in [0.4, 0.5) is 0 Å². The maximum absolute atomic E-state index is 13.0. The van der Waals surface area contributed by atoms with Gasteiger partial charge in [-0.25, -0.2) is 0 Å². The minimum absolute atomic E-state index is 0.109. The number of fused-ring (bicyclic) bond motifs is 1. The number of aliphatic hydroxyl groups excluding tert-OH is 1. The Balaban J connectivity index is 1.90. The zero-order valence-electron chi connectivity index (χ0n) is 16.0. The number of hydrogen-bond donors (Lipinski definition) is 2. The summed E-state index contributed by atoms with van der Waals surface area (Å²) in [4.78, 5) is 30.4. The topological polar surface area (TPSA) is 73.4 Å². The fraction of sp³-hybridized carbons (Fsp3) is 0.217. The van der Waals surface area contributed by atoms with E-state index in [2.05, 4.69) is 4.98 Å². The van der Waals surface area contributed by atoms with Gasteiger partial charge in [-0.1, -0.05) is 55.3 Å². The first-order chi connectivity index (χ1) is 14.0. The number of rotatable bonds is 5.